The minimum absolute atomic E-state index is 0.320. The molecule has 1 aromatic rings. The zero-order chi connectivity index (χ0) is 14.2. The van der Waals surface area contributed by atoms with Crippen LogP contribution in [0.15, 0.2) is 36.4 Å². The first-order valence-corrected chi connectivity index (χ1v) is 7.21. The Morgan fingerprint density at radius 2 is 1.90 bits per heavy atom. The molecule has 0 amide bonds. The van der Waals surface area contributed by atoms with Crippen molar-refractivity contribution in [2.45, 2.75) is 39.0 Å². The van der Waals surface area contributed by atoms with E-state index in [-0.39, 0.29) is 5.97 Å². The predicted octanol–water partition coefficient (Wildman–Crippen LogP) is 4.17. The number of carbonyl (C=O) groups is 1. The van der Waals surface area contributed by atoms with Crippen LogP contribution >= 0.6 is 0 Å². The van der Waals surface area contributed by atoms with Gasteiger partial charge in [0.2, 0.25) is 0 Å². The van der Waals surface area contributed by atoms with Gasteiger partial charge in [0.25, 0.3) is 0 Å². The first-order chi connectivity index (χ1) is 9.75. The number of esters is 1. The Labute approximate surface area is 120 Å². The minimum atomic E-state index is -0.320. The summed E-state index contributed by atoms with van der Waals surface area (Å²) >= 11 is 0. The Morgan fingerprint density at radius 3 is 2.55 bits per heavy atom. The summed E-state index contributed by atoms with van der Waals surface area (Å²) in [6.07, 6.45) is 7.98. The summed E-state index contributed by atoms with van der Waals surface area (Å²) < 4.78 is 5.25. The monoisotopic (exact) mass is 268 g/mol. The largest absolute Gasteiger partial charge is 0.425 e. The minimum Gasteiger partial charge on any atom is -0.425 e. The average Bonchev–Trinajstić information content (AvgIpc) is 2.48. The summed E-state index contributed by atoms with van der Waals surface area (Å²) in [5, 5.41) is 0. The van der Waals surface area contributed by atoms with E-state index in [1.165, 1.54) is 39.0 Å². The van der Waals surface area contributed by atoms with Gasteiger partial charge in [-0.25, -0.2) is 0 Å². The van der Waals surface area contributed by atoms with Gasteiger partial charge in [-0.05, 0) is 12.8 Å². The second-order valence-corrected chi connectivity index (χ2v) is 5.09. The number of carbonyl (C=O) groups excluding carboxylic acids is 1. The highest BCUT2D eigenvalue weighted by Gasteiger charge is 2.10. The van der Waals surface area contributed by atoms with Crippen LogP contribution in [-0.4, -0.2) is 5.97 Å². The summed E-state index contributed by atoms with van der Waals surface area (Å²) in [7, 11) is 0. The lowest BCUT2D eigenvalue weighted by Crippen LogP contribution is -2.03. The van der Waals surface area contributed by atoms with Crippen LogP contribution in [0.1, 0.15) is 44.6 Å². The molecule has 20 heavy (non-hydrogen) atoms. The Kier molecular flexibility index (Phi) is 5.43. The number of ether oxygens (including phenoxy) is 1. The van der Waals surface area contributed by atoms with Crippen molar-refractivity contribution < 1.29 is 9.53 Å². The van der Waals surface area contributed by atoms with Crippen molar-refractivity contribution in [3.05, 3.63) is 42.0 Å². The molecular weight excluding hydrogens is 248 g/mol. The maximum atomic E-state index is 11.2. The predicted molar refractivity (Wildman–Crippen MR) is 80.5 cm³/mol. The van der Waals surface area contributed by atoms with E-state index in [0.29, 0.717) is 11.7 Å². The van der Waals surface area contributed by atoms with E-state index in [1.807, 2.05) is 30.3 Å². The fourth-order valence-corrected chi connectivity index (χ4v) is 2.40. The third-order valence-electron chi connectivity index (χ3n) is 3.41. The molecule has 1 aliphatic carbocycles. The molecule has 0 N–H and O–H groups in total. The molecule has 0 atom stereocenters. The van der Waals surface area contributed by atoms with Gasteiger partial charge in [0.05, 0.1) is 0 Å². The molecule has 1 saturated carbocycles. The van der Waals surface area contributed by atoms with E-state index in [2.05, 4.69) is 11.8 Å². The summed E-state index contributed by atoms with van der Waals surface area (Å²) in [5.74, 6) is 7.05. The fourth-order valence-electron chi connectivity index (χ4n) is 2.40. The Balaban J connectivity index is 2.12. The van der Waals surface area contributed by atoms with E-state index in [9.17, 15) is 4.79 Å². The number of hydrogen-bond donors (Lipinski definition) is 0. The van der Waals surface area contributed by atoms with Crippen LogP contribution in [0.5, 0.6) is 0 Å². The van der Waals surface area contributed by atoms with Crippen molar-refractivity contribution in [1.82, 2.24) is 0 Å². The zero-order valence-corrected chi connectivity index (χ0v) is 11.9. The van der Waals surface area contributed by atoms with Gasteiger partial charge < -0.3 is 4.74 Å². The van der Waals surface area contributed by atoms with Gasteiger partial charge in [-0.2, -0.15) is 0 Å². The van der Waals surface area contributed by atoms with E-state index >= 15 is 0 Å². The smallest absolute Gasteiger partial charge is 0.308 e. The molecule has 0 heterocycles. The summed E-state index contributed by atoms with van der Waals surface area (Å²) in [4.78, 5) is 11.2. The first-order valence-electron chi connectivity index (χ1n) is 7.21. The highest BCUT2D eigenvalue weighted by Crippen LogP contribution is 2.22. The van der Waals surface area contributed by atoms with E-state index in [1.54, 1.807) is 6.08 Å². The SMILES string of the molecule is CC(=O)O/C(=C\C#CC1CCCCC1)c1ccccc1. The molecule has 0 saturated heterocycles. The van der Waals surface area contributed by atoms with Crippen LogP contribution < -0.4 is 0 Å². The molecule has 2 rings (SSSR count). The lowest BCUT2D eigenvalue weighted by Gasteiger charge is -2.15. The molecule has 1 aliphatic rings. The average molecular weight is 268 g/mol. The third kappa shape index (κ3) is 4.59. The lowest BCUT2D eigenvalue weighted by molar-refractivity contribution is -0.134. The van der Waals surface area contributed by atoms with E-state index in [0.717, 1.165) is 5.56 Å². The molecule has 0 unspecified atom stereocenters. The zero-order valence-electron chi connectivity index (χ0n) is 11.9. The van der Waals surface area contributed by atoms with Gasteiger partial charge >= 0.3 is 5.97 Å². The Morgan fingerprint density at radius 1 is 1.20 bits per heavy atom. The number of rotatable bonds is 2. The van der Waals surface area contributed by atoms with Crippen molar-refractivity contribution >= 4 is 11.7 Å². The first kappa shape index (κ1) is 14.4. The molecule has 0 aromatic heterocycles. The highest BCUT2D eigenvalue weighted by molar-refractivity contribution is 5.77. The molecule has 0 bridgehead atoms. The van der Waals surface area contributed by atoms with E-state index in [4.69, 9.17) is 4.74 Å². The van der Waals surface area contributed by atoms with Crippen LogP contribution in [0.4, 0.5) is 0 Å². The van der Waals surface area contributed by atoms with Crippen molar-refractivity contribution in [3.8, 4) is 11.8 Å². The Bertz CT molecular complexity index is 526. The van der Waals surface area contributed by atoms with Gasteiger partial charge in [-0.1, -0.05) is 61.4 Å². The van der Waals surface area contributed by atoms with Gasteiger partial charge in [0.1, 0.15) is 5.76 Å². The van der Waals surface area contributed by atoms with E-state index < -0.39 is 0 Å². The standard InChI is InChI=1S/C18H20O2/c1-15(19)20-18(17-12-6-3-7-13-17)14-8-11-16-9-4-2-5-10-16/h3,6-7,12-14,16H,2,4-5,9-10H2,1H3/b18-14-. The third-order valence-corrected chi connectivity index (χ3v) is 3.41. The van der Waals surface area contributed by atoms with Crippen molar-refractivity contribution in [2.24, 2.45) is 5.92 Å². The van der Waals surface area contributed by atoms with Crippen LogP contribution in [-0.2, 0) is 9.53 Å². The molecule has 104 valence electrons. The number of allylic oxidation sites excluding steroid dienone is 1. The maximum Gasteiger partial charge on any atom is 0.308 e. The van der Waals surface area contributed by atoms with Crippen molar-refractivity contribution in [1.29, 1.82) is 0 Å². The summed E-state index contributed by atoms with van der Waals surface area (Å²) in [5.41, 5.74) is 0.876. The van der Waals surface area contributed by atoms with Gasteiger partial charge in [0, 0.05) is 24.5 Å². The molecule has 1 aromatic carbocycles. The molecule has 1 fully saturated rings. The van der Waals surface area contributed by atoms with Crippen LogP contribution in [0.3, 0.4) is 0 Å². The van der Waals surface area contributed by atoms with Crippen molar-refractivity contribution in [3.63, 3.8) is 0 Å². The topological polar surface area (TPSA) is 26.3 Å². The van der Waals surface area contributed by atoms with Gasteiger partial charge in [-0.15, -0.1) is 0 Å². The highest BCUT2D eigenvalue weighted by atomic mass is 16.5. The van der Waals surface area contributed by atoms with Crippen LogP contribution in [0.2, 0.25) is 0 Å². The van der Waals surface area contributed by atoms with Gasteiger partial charge in [-0.3, -0.25) is 4.79 Å². The summed E-state index contributed by atoms with van der Waals surface area (Å²) in [6, 6.07) is 9.60. The lowest BCUT2D eigenvalue weighted by atomic mass is 9.90. The molecular formula is C18H20O2. The molecule has 0 spiro atoms. The second kappa shape index (κ2) is 7.55. The second-order valence-electron chi connectivity index (χ2n) is 5.09. The van der Waals surface area contributed by atoms with Crippen LogP contribution in [0.25, 0.3) is 5.76 Å². The Hall–Kier alpha value is -2.01. The molecule has 0 radical (unpaired) electrons. The fraction of sp³-hybridized carbons (Fsp3) is 0.389. The van der Waals surface area contributed by atoms with Crippen LogP contribution in [0, 0.1) is 17.8 Å². The molecule has 0 aliphatic heterocycles. The number of hydrogen-bond acceptors (Lipinski definition) is 2. The quantitative estimate of drug-likeness (QED) is 0.457. The van der Waals surface area contributed by atoms with Gasteiger partial charge in [0.15, 0.2) is 0 Å². The molecule has 2 heteroatoms. The maximum absolute atomic E-state index is 11.2. The molecule has 2 nitrogen and oxygen atoms in total. The summed E-state index contributed by atoms with van der Waals surface area (Å²) in [6.45, 7) is 1.41. The number of benzene rings is 1. The normalized spacial score (nSPS) is 16.1. The van der Waals surface area contributed by atoms with Crippen molar-refractivity contribution in [2.75, 3.05) is 0 Å².